The zero-order valence-electron chi connectivity index (χ0n) is 31.5. The highest BCUT2D eigenvalue weighted by Gasteiger charge is 2.30. The number of rotatable bonds is 3. The summed E-state index contributed by atoms with van der Waals surface area (Å²) in [6, 6.07) is 13.4. The van der Waals surface area contributed by atoms with E-state index in [2.05, 4.69) is 0 Å². The Balaban J connectivity index is 1.78. The van der Waals surface area contributed by atoms with E-state index in [1.807, 2.05) is 42.5 Å². The van der Waals surface area contributed by atoms with Gasteiger partial charge in [-0.15, -0.1) is 49.2 Å². The predicted octanol–water partition coefficient (Wildman–Crippen LogP) is -11.6. The molecule has 0 unspecified atom stereocenters. The molecule has 38 radical (unpaired) electrons. The lowest BCUT2D eigenvalue weighted by molar-refractivity contribution is 1.73. The van der Waals surface area contributed by atoms with Crippen molar-refractivity contribution in [2.45, 2.75) is 0 Å². The maximum Gasteiger partial charge on any atom is 0.113 e. The van der Waals surface area contributed by atoms with Gasteiger partial charge < -0.3 is 0 Å². The largest absolute Gasteiger partial charge is 0.113 e. The van der Waals surface area contributed by atoms with Crippen LogP contribution in [0.25, 0.3) is 76.5 Å². The Morgan fingerprint density at radius 2 is 0.475 bits per heavy atom. The molecule has 0 spiro atoms. The standard InChI is InChI=1S/C40H7B19/c41-22-17(18-19(29(48)37(56)36(55)28(18)47)20(23(22)42)21-30(49)38(57)40(59)39(58)31(21)50)12-15-13(24(43)32(51)34(53)26(15)45)11(10-7-3-5-8-4-1-2-6-9(8)10)14-16(12)27(46)35(54)33(52)25(14)44/h1-7H. The van der Waals surface area contributed by atoms with Gasteiger partial charge in [-0.05, 0) is 76.5 Å². The highest BCUT2D eigenvalue weighted by molar-refractivity contribution is 6.75. The molecule has 0 aliphatic carbocycles. The van der Waals surface area contributed by atoms with Crippen LogP contribution in [0.1, 0.15) is 0 Å². The van der Waals surface area contributed by atoms with Gasteiger partial charge in [0.25, 0.3) is 0 Å². The molecule has 0 saturated heterocycles. The van der Waals surface area contributed by atoms with Crippen LogP contribution < -0.4 is 104 Å². The lowest BCUT2D eigenvalue weighted by atomic mass is 9.55. The van der Waals surface area contributed by atoms with E-state index < -0.39 is 0 Å². The van der Waals surface area contributed by atoms with Crippen molar-refractivity contribution in [1.82, 2.24) is 0 Å². The normalized spacial score (nSPS) is 11.7. The molecule has 0 fully saturated rings. The molecular formula is C40H7B19. The molecule has 8 aromatic carbocycles. The summed E-state index contributed by atoms with van der Waals surface area (Å²) >= 11 is 0. The molecule has 19 heteroatoms. The van der Waals surface area contributed by atoms with E-state index >= 15 is 0 Å². The molecule has 0 nitrogen and oxygen atoms in total. The Hall–Kier alpha value is -3.97. The van der Waals surface area contributed by atoms with Crippen molar-refractivity contribution in [3.8, 4) is 33.4 Å². The summed E-state index contributed by atoms with van der Waals surface area (Å²) in [5.74, 6) is 0. The number of hydrogen-bond acceptors (Lipinski definition) is 0. The number of hydrogen-bond donors (Lipinski definition) is 0. The zero-order chi connectivity index (χ0) is 43.0. The van der Waals surface area contributed by atoms with Crippen LogP contribution in [0.15, 0.2) is 42.5 Å². The maximum atomic E-state index is 7.23. The number of fused-ring (bicyclic) bond motifs is 4. The molecule has 0 heterocycles. The van der Waals surface area contributed by atoms with Crippen molar-refractivity contribution in [2.75, 3.05) is 0 Å². The number of benzene rings is 8. The summed E-state index contributed by atoms with van der Waals surface area (Å²) in [6.45, 7) is 0. The Labute approximate surface area is 369 Å². The van der Waals surface area contributed by atoms with Gasteiger partial charge in [-0.3, -0.25) is 0 Å². The van der Waals surface area contributed by atoms with Gasteiger partial charge in [0.05, 0.1) is 0 Å². The molecule has 0 bridgehead atoms. The van der Waals surface area contributed by atoms with E-state index in [9.17, 15) is 0 Å². The summed E-state index contributed by atoms with van der Waals surface area (Å²) in [6.07, 6.45) is 0. The Kier molecular flexibility index (Phi) is 10.3. The average Bonchev–Trinajstić information content (AvgIpc) is 3.23. The van der Waals surface area contributed by atoms with Crippen LogP contribution in [0.5, 0.6) is 0 Å². The van der Waals surface area contributed by atoms with Crippen LogP contribution in [-0.4, -0.2) is 149 Å². The monoisotopic (exact) mass is 696 g/mol. The third-order valence-electron chi connectivity index (χ3n) is 11.6. The van der Waals surface area contributed by atoms with Gasteiger partial charge in [0.1, 0.15) is 149 Å². The summed E-state index contributed by atoms with van der Waals surface area (Å²) in [5, 5.41) is 2.94. The first-order chi connectivity index (χ1) is 27.8. The quantitative estimate of drug-likeness (QED) is 0.128. The minimum Gasteiger partial charge on any atom is -0.112 e. The van der Waals surface area contributed by atoms with Gasteiger partial charge in [0.15, 0.2) is 0 Å². The van der Waals surface area contributed by atoms with E-state index in [4.69, 9.17) is 149 Å². The van der Waals surface area contributed by atoms with Crippen molar-refractivity contribution in [3.63, 3.8) is 0 Å². The van der Waals surface area contributed by atoms with Crippen LogP contribution in [-0.2, 0) is 0 Å². The molecule has 8 rings (SSSR count). The minimum atomic E-state index is -0.130. The Bertz CT molecular complexity index is 3150. The first kappa shape index (κ1) is 41.8. The fourth-order valence-corrected chi connectivity index (χ4v) is 8.43. The lowest BCUT2D eigenvalue weighted by Crippen LogP contribution is -2.56. The van der Waals surface area contributed by atoms with Crippen LogP contribution >= 0.6 is 0 Å². The van der Waals surface area contributed by atoms with Crippen molar-refractivity contribution in [3.05, 3.63) is 42.5 Å². The first-order valence-corrected chi connectivity index (χ1v) is 17.8. The molecule has 59 heavy (non-hydrogen) atoms. The van der Waals surface area contributed by atoms with E-state index in [0.717, 1.165) is 10.8 Å². The molecule has 0 saturated carbocycles. The topological polar surface area (TPSA) is 0 Å². The van der Waals surface area contributed by atoms with Gasteiger partial charge >= 0.3 is 0 Å². The predicted molar refractivity (Wildman–Crippen MR) is 275 cm³/mol. The fraction of sp³-hybridized carbons (Fsp3) is 0. The summed E-state index contributed by atoms with van der Waals surface area (Å²) in [4.78, 5) is 0. The molecule has 0 aromatic heterocycles. The van der Waals surface area contributed by atoms with Crippen molar-refractivity contribution >= 4 is 296 Å². The molecule has 0 atom stereocenters. The minimum absolute atomic E-state index is 0.00491. The second-order valence-electron chi connectivity index (χ2n) is 14.5. The van der Waals surface area contributed by atoms with Gasteiger partial charge in [-0.1, -0.05) is 97.1 Å². The van der Waals surface area contributed by atoms with E-state index in [-0.39, 0.29) is 148 Å². The molecular weight excluding hydrogens is 686 g/mol. The Morgan fingerprint density at radius 1 is 0.203 bits per heavy atom. The van der Waals surface area contributed by atoms with Crippen LogP contribution in [0, 0.1) is 0 Å². The smallest absolute Gasteiger partial charge is 0.112 e. The first-order valence-electron chi connectivity index (χ1n) is 17.8. The van der Waals surface area contributed by atoms with Crippen LogP contribution in [0.3, 0.4) is 0 Å². The van der Waals surface area contributed by atoms with Gasteiger partial charge in [0, 0.05) is 0 Å². The average molecular weight is 693 g/mol. The highest BCUT2D eigenvalue weighted by atomic mass is 14.3. The van der Waals surface area contributed by atoms with E-state index in [1.165, 1.54) is 0 Å². The van der Waals surface area contributed by atoms with Gasteiger partial charge in [0.2, 0.25) is 0 Å². The SMILES string of the molecule is [B]c1c([B])c([B])c(-c2c([B])c([B])c(-c3c4c([B])c([B])c([B])c([B])c4c(-c4cccc5ccccc45)c4c([B])c([B])c([B])c([B])c34)c3c([B])c([B])c([B])c([B])c23)c([B])c1[B]. The molecule has 8 aromatic rings. The Morgan fingerprint density at radius 3 is 0.881 bits per heavy atom. The molecule has 0 amide bonds. The lowest BCUT2D eigenvalue weighted by Gasteiger charge is -2.33. The fourth-order valence-electron chi connectivity index (χ4n) is 8.43. The third kappa shape index (κ3) is 5.64. The van der Waals surface area contributed by atoms with Crippen molar-refractivity contribution < 1.29 is 0 Å². The summed E-state index contributed by atoms with van der Waals surface area (Å²) < 4.78 is 0. The second-order valence-corrected chi connectivity index (χ2v) is 14.5. The highest BCUT2D eigenvalue weighted by Crippen LogP contribution is 2.43. The van der Waals surface area contributed by atoms with Crippen molar-refractivity contribution in [2.24, 2.45) is 0 Å². The van der Waals surface area contributed by atoms with Crippen molar-refractivity contribution in [1.29, 1.82) is 0 Å². The summed E-state index contributed by atoms with van der Waals surface area (Å²) in [5.41, 5.74) is 0.435. The van der Waals surface area contributed by atoms with E-state index in [0.29, 0.717) is 21.9 Å². The van der Waals surface area contributed by atoms with Gasteiger partial charge in [-0.25, -0.2) is 0 Å². The van der Waals surface area contributed by atoms with E-state index in [1.54, 1.807) is 0 Å². The summed E-state index contributed by atoms with van der Waals surface area (Å²) in [7, 11) is 128. The maximum absolute atomic E-state index is 7.23. The molecule has 0 aliphatic heterocycles. The molecule has 0 N–H and O–H groups in total. The third-order valence-corrected chi connectivity index (χ3v) is 11.6. The van der Waals surface area contributed by atoms with Gasteiger partial charge in [-0.2, -0.15) is 0 Å². The second kappa shape index (κ2) is 14.6. The van der Waals surface area contributed by atoms with Crippen LogP contribution in [0.4, 0.5) is 0 Å². The molecule has 0 aliphatic rings. The molecule has 224 valence electrons. The van der Waals surface area contributed by atoms with Crippen LogP contribution in [0.2, 0.25) is 0 Å². The zero-order valence-corrected chi connectivity index (χ0v) is 31.5.